The quantitative estimate of drug-likeness (QED) is 0.549. The zero-order chi connectivity index (χ0) is 16.9. The number of likely N-dealkylation sites (N-methyl/N-ethyl adjacent to an activating group) is 1. The molecule has 0 amide bonds. The third kappa shape index (κ3) is 4.81. The number of nitrogens with one attached hydrogen (secondary N) is 1. The Kier molecular flexibility index (Phi) is 6.23. The van der Waals surface area contributed by atoms with Crippen LogP contribution in [-0.4, -0.2) is 66.3 Å². The molecule has 0 unspecified atom stereocenters. The number of hydrogen-bond acceptors (Lipinski definition) is 6. The van der Waals surface area contributed by atoms with E-state index in [1.165, 1.54) is 6.07 Å². The Morgan fingerprint density at radius 1 is 1.26 bits per heavy atom. The van der Waals surface area contributed by atoms with E-state index in [-0.39, 0.29) is 11.4 Å². The molecule has 0 atom stereocenters. The first-order valence-corrected chi connectivity index (χ1v) is 9.33. The van der Waals surface area contributed by atoms with Crippen LogP contribution in [0.1, 0.15) is 6.92 Å². The molecule has 1 fully saturated rings. The monoisotopic (exact) mass is 342 g/mol. The first kappa shape index (κ1) is 18.0. The minimum absolute atomic E-state index is 0.235. The van der Waals surface area contributed by atoms with Crippen LogP contribution in [0.5, 0.6) is 0 Å². The van der Waals surface area contributed by atoms with Gasteiger partial charge in [-0.2, -0.15) is 0 Å². The number of hydrogen-bond donors (Lipinski definition) is 2. The minimum atomic E-state index is -3.62. The fourth-order valence-electron chi connectivity index (χ4n) is 2.52. The van der Waals surface area contributed by atoms with E-state index in [9.17, 15) is 8.42 Å². The summed E-state index contributed by atoms with van der Waals surface area (Å²) in [7, 11) is -1.56. The number of benzene rings is 1. The Labute approximate surface area is 138 Å². The van der Waals surface area contributed by atoms with E-state index >= 15 is 0 Å². The highest BCUT2D eigenvalue weighted by atomic mass is 32.2. The van der Waals surface area contributed by atoms with Gasteiger partial charge in [0.05, 0.1) is 12.3 Å². The maximum Gasteiger partial charge on any atom is 0.242 e. The molecule has 0 aromatic heterocycles. The Balaban J connectivity index is 2.21. The van der Waals surface area contributed by atoms with Crippen LogP contribution < -0.4 is 15.4 Å². The van der Waals surface area contributed by atoms with Gasteiger partial charge in [0.15, 0.2) is 0 Å². The lowest BCUT2D eigenvalue weighted by molar-refractivity contribution is 0.153. The van der Waals surface area contributed by atoms with Crippen LogP contribution in [0.15, 0.2) is 23.1 Å². The molecule has 0 saturated carbocycles. The molecule has 2 rings (SSSR count). The number of piperazine rings is 1. The standard InChI is InChI=1S/C15H26N4O3S/c1-3-22-11-6-17-23(20,21)15-12-13(16)4-5-14(15)19-9-7-18(2)8-10-19/h4-5,12,17H,3,6-11,16H2,1-2H3. The summed E-state index contributed by atoms with van der Waals surface area (Å²) < 4.78 is 33.0. The van der Waals surface area contributed by atoms with Crippen LogP contribution in [0.3, 0.4) is 0 Å². The summed E-state index contributed by atoms with van der Waals surface area (Å²) in [5.74, 6) is 0. The second-order valence-corrected chi connectivity index (χ2v) is 7.35. The van der Waals surface area contributed by atoms with Crippen LogP contribution in [0, 0.1) is 0 Å². The van der Waals surface area contributed by atoms with Gasteiger partial charge in [-0.1, -0.05) is 0 Å². The van der Waals surface area contributed by atoms with Crippen molar-refractivity contribution in [3.05, 3.63) is 18.2 Å². The molecule has 23 heavy (non-hydrogen) atoms. The van der Waals surface area contributed by atoms with Crippen LogP contribution in [0.25, 0.3) is 0 Å². The molecule has 0 bridgehead atoms. The normalized spacial score (nSPS) is 16.7. The molecular weight excluding hydrogens is 316 g/mol. The van der Waals surface area contributed by atoms with E-state index in [2.05, 4.69) is 21.6 Å². The van der Waals surface area contributed by atoms with Gasteiger partial charge in [-0.3, -0.25) is 0 Å². The van der Waals surface area contributed by atoms with Gasteiger partial charge >= 0.3 is 0 Å². The van der Waals surface area contributed by atoms with Gasteiger partial charge < -0.3 is 20.3 Å². The molecular formula is C15H26N4O3S. The molecule has 8 heteroatoms. The summed E-state index contributed by atoms with van der Waals surface area (Å²) in [5.41, 5.74) is 6.95. The number of nitrogens with two attached hydrogens (primary N) is 1. The number of anilines is 2. The lowest BCUT2D eigenvalue weighted by Gasteiger charge is -2.35. The second kappa shape index (κ2) is 7.96. The van der Waals surface area contributed by atoms with Crippen molar-refractivity contribution in [1.82, 2.24) is 9.62 Å². The Hall–Kier alpha value is -1.35. The first-order valence-electron chi connectivity index (χ1n) is 7.84. The highest BCUT2D eigenvalue weighted by Crippen LogP contribution is 2.28. The average molecular weight is 342 g/mol. The van der Waals surface area contributed by atoms with Crippen LogP contribution in [0.2, 0.25) is 0 Å². The lowest BCUT2D eigenvalue weighted by atomic mass is 10.2. The number of ether oxygens (including phenoxy) is 1. The Morgan fingerprint density at radius 2 is 1.96 bits per heavy atom. The third-order valence-electron chi connectivity index (χ3n) is 3.86. The topological polar surface area (TPSA) is 87.9 Å². The number of nitrogens with zero attached hydrogens (tertiary/aromatic N) is 2. The van der Waals surface area contributed by atoms with Crippen molar-refractivity contribution in [2.24, 2.45) is 0 Å². The van der Waals surface area contributed by atoms with Gasteiger partial charge in [0.1, 0.15) is 4.90 Å². The highest BCUT2D eigenvalue weighted by molar-refractivity contribution is 7.89. The van der Waals surface area contributed by atoms with Crippen LogP contribution in [0.4, 0.5) is 11.4 Å². The van der Waals surface area contributed by atoms with Gasteiger partial charge in [-0.25, -0.2) is 13.1 Å². The van der Waals surface area contributed by atoms with E-state index in [1.54, 1.807) is 12.1 Å². The summed E-state index contributed by atoms with van der Waals surface area (Å²) in [6, 6.07) is 5.06. The van der Waals surface area contributed by atoms with E-state index in [4.69, 9.17) is 10.5 Å². The smallest absolute Gasteiger partial charge is 0.242 e. The predicted molar refractivity (Wildman–Crippen MR) is 92.2 cm³/mol. The molecule has 7 nitrogen and oxygen atoms in total. The molecule has 1 aliphatic heterocycles. The first-order chi connectivity index (χ1) is 10.9. The van der Waals surface area contributed by atoms with Gasteiger partial charge in [-0.05, 0) is 32.2 Å². The van der Waals surface area contributed by atoms with Crippen molar-refractivity contribution < 1.29 is 13.2 Å². The average Bonchev–Trinajstić information content (AvgIpc) is 2.52. The van der Waals surface area contributed by atoms with Crippen molar-refractivity contribution >= 4 is 21.4 Å². The summed E-state index contributed by atoms with van der Waals surface area (Å²) in [6.45, 7) is 6.42. The minimum Gasteiger partial charge on any atom is -0.399 e. The predicted octanol–water partition coefficient (Wildman–Crippen LogP) is 0.335. The van der Waals surface area contributed by atoms with E-state index in [0.29, 0.717) is 24.6 Å². The van der Waals surface area contributed by atoms with Crippen molar-refractivity contribution in [2.45, 2.75) is 11.8 Å². The van der Waals surface area contributed by atoms with Gasteiger partial charge in [0.25, 0.3) is 0 Å². The zero-order valence-electron chi connectivity index (χ0n) is 13.8. The van der Waals surface area contributed by atoms with E-state index in [1.807, 2.05) is 6.92 Å². The van der Waals surface area contributed by atoms with Crippen LogP contribution in [-0.2, 0) is 14.8 Å². The lowest BCUT2D eigenvalue weighted by Crippen LogP contribution is -2.45. The number of sulfonamides is 1. The number of nitrogen functional groups attached to an aromatic ring is 1. The van der Waals surface area contributed by atoms with Gasteiger partial charge in [0, 0.05) is 45.0 Å². The van der Waals surface area contributed by atoms with Crippen molar-refractivity contribution in [1.29, 1.82) is 0 Å². The molecule has 1 aromatic carbocycles. The van der Waals surface area contributed by atoms with Gasteiger partial charge in [0.2, 0.25) is 10.0 Å². The number of rotatable bonds is 7. The molecule has 1 aromatic rings. The summed E-state index contributed by atoms with van der Waals surface area (Å²) in [6.07, 6.45) is 0. The molecule has 3 N–H and O–H groups in total. The van der Waals surface area contributed by atoms with E-state index < -0.39 is 10.0 Å². The fourth-order valence-corrected chi connectivity index (χ4v) is 3.80. The summed E-state index contributed by atoms with van der Waals surface area (Å²) in [4.78, 5) is 4.55. The SMILES string of the molecule is CCOCCNS(=O)(=O)c1cc(N)ccc1N1CCN(C)CC1. The molecule has 130 valence electrons. The second-order valence-electron chi connectivity index (χ2n) is 5.61. The maximum absolute atomic E-state index is 12.6. The van der Waals surface area contributed by atoms with Crippen molar-refractivity contribution in [3.63, 3.8) is 0 Å². The van der Waals surface area contributed by atoms with Crippen molar-refractivity contribution in [3.8, 4) is 0 Å². The van der Waals surface area contributed by atoms with Crippen molar-refractivity contribution in [2.75, 3.05) is 63.6 Å². The van der Waals surface area contributed by atoms with Gasteiger partial charge in [-0.15, -0.1) is 0 Å². The molecule has 0 spiro atoms. The molecule has 1 saturated heterocycles. The fraction of sp³-hybridized carbons (Fsp3) is 0.600. The summed E-state index contributed by atoms with van der Waals surface area (Å²) in [5, 5.41) is 0. The molecule has 0 aliphatic carbocycles. The highest BCUT2D eigenvalue weighted by Gasteiger charge is 2.24. The third-order valence-corrected chi connectivity index (χ3v) is 5.35. The largest absolute Gasteiger partial charge is 0.399 e. The zero-order valence-corrected chi connectivity index (χ0v) is 14.6. The maximum atomic E-state index is 12.6. The Bertz CT molecular complexity index is 613. The summed E-state index contributed by atoms with van der Waals surface area (Å²) >= 11 is 0. The molecule has 1 heterocycles. The molecule has 1 aliphatic rings. The Morgan fingerprint density at radius 3 is 2.61 bits per heavy atom. The van der Waals surface area contributed by atoms with E-state index in [0.717, 1.165) is 26.2 Å². The van der Waals surface area contributed by atoms with Crippen LogP contribution >= 0.6 is 0 Å². The molecule has 0 radical (unpaired) electrons.